The zero-order chi connectivity index (χ0) is 28.7. The van der Waals surface area contributed by atoms with E-state index in [4.69, 9.17) is 16.3 Å². The van der Waals surface area contributed by atoms with Crippen molar-refractivity contribution in [2.45, 2.75) is 76.5 Å². The molecule has 2 aromatic carbocycles. The largest absolute Gasteiger partial charge is 0.445 e. The molecule has 216 valence electrons. The van der Waals surface area contributed by atoms with Gasteiger partial charge in [-0.05, 0) is 48.4 Å². The Morgan fingerprint density at radius 2 is 1.75 bits per heavy atom. The van der Waals surface area contributed by atoms with Gasteiger partial charge in [0.15, 0.2) is 0 Å². The minimum atomic E-state index is -0.846. The van der Waals surface area contributed by atoms with Gasteiger partial charge in [0.05, 0.1) is 6.04 Å². The van der Waals surface area contributed by atoms with Gasteiger partial charge in [0, 0.05) is 25.0 Å². The van der Waals surface area contributed by atoms with Crippen LogP contribution in [0.3, 0.4) is 0 Å². The highest BCUT2D eigenvalue weighted by atomic mass is 35.5. The lowest BCUT2D eigenvalue weighted by Gasteiger charge is -2.27. The van der Waals surface area contributed by atoms with Gasteiger partial charge in [0.2, 0.25) is 11.8 Å². The molecule has 40 heavy (non-hydrogen) atoms. The maximum Gasteiger partial charge on any atom is 0.408 e. The Morgan fingerprint density at radius 3 is 2.45 bits per heavy atom. The van der Waals surface area contributed by atoms with Crippen LogP contribution in [0.15, 0.2) is 54.6 Å². The van der Waals surface area contributed by atoms with E-state index in [1.165, 1.54) is 6.42 Å². The molecule has 1 saturated carbocycles. The monoisotopic (exact) mass is 569 g/mol. The molecule has 2 N–H and O–H groups in total. The molecule has 8 nitrogen and oxygen atoms in total. The van der Waals surface area contributed by atoms with Gasteiger partial charge in [-0.15, -0.1) is 0 Å². The van der Waals surface area contributed by atoms with E-state index < -0.39 is 24.1 Å². The summed E-state index contributed by atoms with van der Waals surface area (Å²) >= 11 is 6.00. The molecule has 2 aromatic rings. The first-order valence-corrected chi connectivity index (χ1v) is 14.4. The Kier molecular flexibility index (Phi) is 13.0. The number of likely N-dealkylation sites (N-methyl/N-ethyl adjacent to an activating group) is 1. The topological polar surface area (TPSA) is 105 Å². The maximum atomic E-state index is 13.2. The van der Waals surface area contributed by atoms with Crippen molar-refractivity contribution in [1.82, 2.24) is 15.5 Å². The van der Waals surface area contributed by atoms with Crippen LogP contribution in [0.25, 0.3) is 0 Å². The van der Waals surface area contributed by atoms with Gasteiger partial charge < -0.3 is 25.1 Å². The number of aldehydes is 1. The number of hydrogen-bond donors (Lipinski definition) is 2. The molecule has 1 fully saturated rings. The second kappa shape index (κ2) is 16.7. The van der Waals surface area contributed by atoms with Crippen LogP contribution in [0, 0.1) is 5.92 Å². The first-order valence-electron chi connectivity index (χ1n) is 14.1. The number of hydrogen-bond acceptors (Lipinski definition) is 5. The molecular weight excluding hydrogens is 530 g/mol. The number of nitrogens with zero attached hydrogens (tertiary/aromatic N) is 1. The van der Waals surface area contributed by atoms with Crippen molar-refractivity contribution in [2.24, 2.45) is 5.92 Å². The normalized spacial score (nSPS) is 14.9. The van der Waals surface area contributed by atoms with Crippen molar-refractivity contribution in [2.75, 3.05) is 13.6 Å². The minimum absolute atomic E-state index is 0.0149. The second-order valence-electron chi connectivity index (χ2n) is 10.5. The Hall–Kier alpha value is -3.39. The summed E-state index contributed by atoms with van der Waals surface area (Å²) in [6.07, 6.45) is 6.76. The number of carbonyl (C=O) groups excluding carboxylic acids is 4. The molecule has 1 aliphatic rings. The third kappa shape index (κ3) is 11.0. The molecular formula is C31H40ClN3O5. The summed E-state index contributed by atoms with van der Waals surface area (Å²) in [5.41, 5.74) is 1.87. The van der Waals surface area contributed by atoms with Crippen molar-refractivity contribution in [1.29, 1.82) is 0 Å². The van der Waals surface area contributed by atoms with Crippen LogP contribution in [0.4, 0.5) is 4.79 Å². The van der Waals surface area contributed by atoms with E-state index in [2.05, 4.69) is 10.6 Å². The number of benzene rings is 2. The second-order valence-corrected chi connectivity index (χ2v) is 10.9. The summed E-state index contributed by atoms with van der Waals surface area (Å²) in [7, 11) is 1.74. The van der Waals surface area contributed by atoms with E-state index in [0.717, 1.165) is 43.2 Å². The van der Waals surface area contributed by atoms with Gasteiger partial charge in [-0.25, -0.2) is 4.79 Å². The van der Waals surface area contributed by atoms with Gasteiger partial charge in [0.25, 0.3) is 0 Å². The number of nitrogens with one attached hydrogen (secondary N) is 2. The maximum absolute atomic E-state index is 13.2. The van der Waals surface area contributed by atoms with E-state index in [1.54, 1.807) is 36.2 Å². The first kappa shape index (κ1) is 31.1. The molecule has 3 rings (SSSR count). The van der Waals surface area contributed by atoms with Crippen molar-refractivity contribution < 1.29 is 23.9 Å². The van der Waals surface area contributed by atoms with Crippen molar-refractivity contribution in [3.05, 3.63) is 70.7 Å². The molecule has 0 heterocycles. The highest BCUT2D eigenvalue weighted by Crippen LogP contribution is 2.27. The van der Waals surface area contributed by atoms with Gasteiger partial charge in [-0.2, -0.15) is 0 Å². The zero-order valence-corrected chi connectivity index (χ0v) is 23.9. The molecule has 0 bridgehead atoms. The highest BCUT2D eigenvalue weighted by Gasteiger charge is 2.28. The van der Waals surface area contributed by atoms with Crippen LogP contribution in [0.1, 0.15) is 62.5 Å². The summed E-state index contributed by atoms with van der Waals surface area (Å²) in [5.74, 6) is -0.252. The molecule has 2 unspecified atom stereocenters. The predicted octanol–water partition coefficient (Wildman–Crippen LogP) is 5.07. The van der Waals surface area contributed by atoms with Crippen LogP contribution in [-0.2, 0) is 32.1 Å². The summed E-state index contributed by atoms with van der Waals surface area (Å²) in [5, 5.41) is 5.96. The van der Waals surface area contributed by atoms with Gasteiger partial charge >= 0.3 is 6.09 Å². The van der Waals surface area contributed by atoms with Gasteiger partial charge in [-0.1, -0.05) is 86.2 Å². The number of rotatable bonds is 14. The predicted molar refractivity (Wildman–Crippen MR) is 155 cm³/mol. The Labute approximate surface area is 241 Å². The zero-order valence-electron chi connectivity index (χ0n) is 23.2. The standard InChI is InChI=1S/C31H40ClN3O5/c1-35(18-17-23-9-4-2-5-10-23)29(37)16-15-27(21-36)33-30(38)28(20-24-11-6-3-7-12-24)34-31(39)40-22-25-13-8-14-26(32)19-25/h2,4-5,8-10,13-14,19,21,24,27-28H,3,6-7,11-12,15-18,20,22H2,1H3,(H,33,38)(H,34,39). The van der Waals surface area contributed by atoms with E-state index in [-0.39, 0.29) is 25.4 Å². The van der Waals surface area contributed by atoms with E-state index >= 15 is 0 Å². The number of alkyl carbamates (subject to hydrolysis) is 1. The van der Waals surface area contributed by atoms with Crippen LogP contribution < -0.4 is 10.6 Å². The molecule has 1 aliphatic carbocycles. The lowest BCUT2D eigenvalue weighted by atomic mass is 9.84. The Balaban J connectivity index is 1.51. The van der Waals surface area contributed by atoms with Gasteiger partial charge in [-0.3, -0.25) is 9.59 Å². The van der Waals surface area contributed by atoms with E-state index in [9.17, 15) is 19.2 Å². The van der Waals surface area contributed by atoms with Gasteiger partial charge in [0.1, 0.15) is 18.9 Å². The Bertz CT molecular complexity index is 1110. The summed E-state index contributed by atoms with van der Waals surface area (Å²) in [4.78, 5) is 51.9. The number of amides is 3. The van der Waals surface area contributed by atoms with Crippen molar-refractivity contribution >= 4 is 35.8 Å². The lowest BCUT2D eigenvalue weighted by molar-refractivity contribution is -0.131. The Morgan fingerprint density at radius 1 is 1.02 bits per heavy atom. The van der Waals surface area contributed by atoms with E-state index in [1.807, 2.05) is 30.3 Å². The molecule has 0 radical (unpaired) electrons. The molecule has 0 spiro atoms. The van der Waals surface area contributed by atoms with Crippen LogP contribution in [0.2, 0.25) is 5.02 Å². The fraction of sp³-hybridized carbons (Fsp3) is 0.484. The fourth-order valence-electron chi connectivity index (χ4n) is 4.94. The number of carbonyl (C=O) groups is 4. The third-order valence-electron chi connectivity index (χ3n) is 7.33. The van der Waals surface area contributed by atoms with Crippen molar-refractivity contribution in [3.8, 4) is 0 Å². The average molecular weight is 570 g/mol. The molecule has 0 aromatic heterocycles. The molecule has 0 saturated heterocycles. The molecule has 2 atom stereocenters. The van der Waals surface area contributed by atoms with Crippen molar-refractivity contribution in [3.63, 3.8) is 0 Å². The summed E-state index contributed by atoms with van der Waals surface area (Å²) in [6, 6.07) is 15.2. The minimum Gasteiger partial charge on any atom is -0.445 e. The quantitative estimate of drug-likeness (QED) is 0.309. The number of ether oxygens (including phenoxy) is 1. The summed E-state index contributed by atoms with van der Waals surface area (Å²) in [6.45, 7) is 0.576. The molecule has 0 aliphatic heterocycles. The smallest absolute Gasteiger partial charge is 0.408 e. The van der Waals surface area contributed by atoms with E-state index in [0.29, 0.717) is 30.2 Å². The third-order valence-corrected chi connectivity index (χ3v) is 7.56. The number of halogens is 1. The molecule has 9 heteroatoms. The fourth-order valence-corrected chi connectivity index (χ4v) is 5.15. The average Bonchev–Trinajstić information content (AvgIpc) is 2.97. The highest BCUT2D eigenvalue weighted by molar-refractivity contribution is 6.30. The SMILES string of the molecule is CN(CCc1ccccc1)C(=O)CCC(C=O)NC(=O)C(CC1CCCCC1)NC(=O)OCc1cccc(Cl)c1. The summed E-state index contributed by atoms with van der Waals surface area (Å²) < 4.78 is 5.34. The molecule has 3 amide bonds. The first-order chi connectivity index (χ1) is 19.3. The van der Waals surface area contributed by atoms with Crippen LogP contribution in [0.5, 0.6) is 0 Å². The van der Waals surface area contributed by atoms with Crippen LogP contribution in [-0.4, -0.2) is 54.8 Å². The lowest BCUT2D eigenvalue weighted by Crippen LogP contribution is -2.51. The van der Waals surface area contributed by atoms with Crippen LogP contribution >= 0.6 is 11.6 Å².